The number of hydrogen-bond donors (Lipinski definition) is 0. The molecule has 84 valence electrons. The molecule has 0 N–H and O–H groups in total. The normalized spacial score (nSPS) is 9.65. The molecule has 0 heterocycles. The highest BCUT2D eigenvalue weighted by atomic mass is 15.1. The first-order valence-corrected chi connectivity index (χ1v) is 5.55. The van der Waals surface area contributed by atoms with E-state index in [1.807, 2.05) is 42.3 Å². The molecule has 2 heteroatoms. The van der Waals surface area contributed by atoms with Crippen molar-refractivity contribution >= 4 is 5.69 Å². The Bertz CT molecular complexity index is 509. The number of hydrogen-bond acceptors (Lipinski definition) is 2. The fourth-order valence-electron chi connectivity index (χ4n) is 1.74. The van der Waals surface area contributed by atoms with Crippen LogP contribution in [-0.4, -0.2) is 13.6 Å². The lowest BCUT2D eigenvalue weighted by molar-refractivity contribution is 1.04. The van der Waals surface area contributed by atoms with Crippen molar-refractivity contribution in [2.24, 2.45) is 0 Å². The summed E-state index contributed by atoms with van der Waals surface area (Å²) >= 11 is 0. The summed E-state index contributed by atoms with van der Waals surface area (Å²) in [6.07, 6.45) is 0. The third-order valence-corrected chi connectivity index (χ3v) is 2.72. The van der Waals surface area contributed by atoms with Crippen molar-refractivity contribution < 1.29 is 0 Å². The van der Waals surface area contributed by atoms with Crippen LogP contribution in [0, 0.1) is 11.3 Å². The van der Waals surface area contributed by atoms with Gasteiger partial charge in [-0.3, -0.25) is 0 Å². The molecule has 0 aliphatic carbocycles. The maximum absolute atomic E-state index is 8.64. The monoisotopic (exact) mass is 222 g/mol. The average molecular weight is 222 g/mol. The van der Waals surface area contributed by atoms with E-state index in [0.29, 0.717) is 6.54 Å². The molecule has 2 rings (SSSR count). The van der Waals surface area contributed by atoms with Gasteiger partial charge in [0.25, 0.3) is 0 Å². The molecule has 2 aromatic carbocycles. The van der Waals surface area contributed by atoms with Gasteiger partial charge < -0.3 is 4.90 Å². The van der Waals surface area contributed by atoms with Crippen LogP contribution in [0.5, 0.6) is 0 Å². The summed E-state index contributed by atoms with van der Waals surface area (Å²) in [6.45, 7) is 0.407. The van der Waals surface area contributed by atoms with Gasteiger partial charge in [-0.05, 0) is 23.3 Å². The largest absolute Gasteiger partial charge is 0.361 e. The Morgan fingerprint density at radius 2 is 1.53 bits per heavy atom. The van der Waals surface area contributed by atoms with Gasteiger partial charge in [-0.15, -0.1) is 0 Å². The van der Waals surface area contributed by atoms with E-state index in [9.17, 15) is 0 Å². The van der Waals surface area contributed by atoms with E-state index in [-0.39, 0.29) is 0 Å². The summed E-state index contributed by atoms with van der Waals surface area (Å²) in [5.74, 6) is 0. The predicted molar refractivity (Wildman–Crippen MR) is 70.8 cm³/mol. The molecule has 0 aromatic heterocycles. The molecule has 0 aliphatic heterocycles. The Labute approximate surface area is 102 Å². The van der Waals surface area contributed by atoms with E-state index in [4.69, 9.17) is 5.26 Å². The van der Waals surface area contributed by atoms with Crippen LogP contribution in [0.15, 0.2) is 54.6 Å². The molecule has 0 spiro atoms. The summed E-state index contributed by atoms with van der Waals surface area (Å²) in [5.41, 5.74) is 3.47. The Balaban J connectivity index is 2.22. The van der Waals surface area contributed by atoms with Crippen molar-refractivity contribution in [3.05, 3.63) is 54.6 Å². The number of rotatable bonds is 3. The topological polar surface area (TPSA) is 27.0 Å². The number of benzene rings is 2. The molecular formula is C15H14N2. The first kappa shape index (κ1) is 11.2. The molecule has 2 nitrogen and oxygen atoms in total. The second-order valence-electron chi connectivity index (χ2n) is 3.93. The molecule has 0 bridgehead atoms. The summed E-state index contributed by atoms with van der Waals surface area (Å²) in [5, 5.41) is 8.64. The minimum Gasteiger partial charge on any atom is -0.361 e. The highest BCUT2D eigenvalue weighted by molar-refractivity contribution is 5.66. The number of nitriles is 1. The molecule has 0 fully saturated rings. The maximum atomic E-state index is 8.64. The second-order valence-corrected chi connectivity index (χ2v) is 3.93. The van der Waals surface area contributed by atoms with E-state index in [1.54, 1.807) is 0 Å². The SMILES string of the molecule is CN(CC#N)c1ccc(-c2ccccc2)cc1. The molecule has 0 saturated heterocycles. The van der Waals surface area contributed by atoms with E-state index >= 15 is 0 Å². The second kappa shape index (κ2) is 5.18. The molecule has 0 saturated carbocycles. The molecular weight excluding hydrogens is 208 g/mol. The van der Waals surface area contributed by atoms with E-state index in [1.165, 1.54) is 11.1 Å². The van der Waals surface area contributed by atoms with E-state index in [0.717, 1.165) is 5.69 Å². The predicted octanol–water partition coefficient (Wildman–Crippen LogP) is 3.31. The smallest absolute Gasteiger partial charge is 0.105 e. The highest BCUT2D eigenvalue weighted by Crippen LogP contribution is 2.22. The van der Waals surface area contributed by atoms with Crippen molar-refractivity contribution in [1.82, 2.24) is 0 Å². The molecule has 2 aromatic rings. The maximum Gasteiger partial charge on any atom is 0.105 e. The zero-order valence-corrected chi connectivity index (χ0v) is 9.80. The summed E-state index contributed by atoms with van der Waals surface area (Å²) in [6, 6.07) is 20.6. The van der Waals surface area contributed by atoms with Crippen molar-refractivity contribution in [3.8, 4) is 17.2 Å². The van der Waals surface area contributed by atoms with Crippen LogP contribution in [-0.2, 0) is 0 Å². The zero-order valence-electron chi connectivity index (χ0n) is 9.80. The highest BCUT2D eigenvalue weighted by Gasteiger charge is 2.00. The lowest BCUT2D eigenvalue weighted by Crippen LogP contribution is -2.16. The Morgan fingerprint density at radius 3 is 2.12 bits per heavy atom. The number of nitrogens with zero attached hydrogens (tertiary/aromatic N) is 2. The van der Waals surface area contributed by atoms with Gasteiger partial charge in [0.2, 0.25) is 0 Å². The van der Waals surface area contributed by atoms with Crippen molar-refractivity contribution in [1.29, 1.82) is 5.26 Å². The van der Waals surface area contributed by atoms with Gasteiger partial charge in [-0.1, -0.05) is 42.5 Å². The summed E-state index contributed by atoms with van der Waals surface area (Å²) in [4.78, 5) is 1.93. The summed E-state index contributed by atoms with van der Waals surface area (Å²) < 4.78 is 0. The molecule has 0 aliphatic rings. The van der Waals surface area contributed by atoms with Gasteiger partial charge in [0.15, 0.2) is 0 Å². The third-order valence-electron chi connectivity index (χ3n) is 2.72. The van der Waals surface area contributed by atoms with Crippen LogP contribution in [0.2, 0.25) is 0 Å². The standard InChI is InChI=1S/C15H14N2/c1-17(12-11-16)15-9-7-14(8-10-15)13-5-3-2-4-6-13/h2-10H,12H2,1H3. The van der Waals surface area contributed by atoms with Gasteiger partial charge in [0.1, 0.15) is 6.54 Å². The van der Waals surface area contributed by atoms with Crippen LogP contribution in [0.1, 0.15) is 0 Å². The first-order valence-electron chi connectivity index (χ1n) is 5.55. The Hall–Kier alpha value is -2.27. The third kappa shape index (κ3) is 2.64. The zero-order chi connectivity index (χ0) is 12.1. The minimum atomic E-state index is 0.407. The fourth-order valence-corrected chi connectivity index (χ4v) is 1.74. The lowest BCUT2D eigenvalue weighted by atomic mass is 10.1. The van der Waals surface area contributed by atoms with Crippen LogP contribution in [0.4, 0.5) is 5.69 Å². The quantitative estimate of drug-likeness (QED) is 0.745. The van der Waals surface area contributed by atoms with Crippen molar-refractivity contribution in [2.45, 2.75) is 0 Å². The van der Waals surface area contributed by atoms with Gasteiger partial charge in [-0.25, -0.2) is 0 Å². The summed E-state index contributed by atoms with van der Waals surface area (Å²) in [7, 11) is 1.92. The Morgan fingerprint density at radius 1 is 0.941 bits per heavy atom. The lowest BCUT2D eigenvalue weighted by Gasteiger charge is -2.15. The van der Waals surface area contributed by atoms with Gasteiger partial charge in [0, 0.05) is 12.7 Å². The van der Waals surface area contributed by atoms with Crippen LogP contribution >= 0.6 is 0 Å². The average Bonchev–Trinajstić information content (AvgIpc) is 2.40. The van der Waals surface area contributed by atoms with Crippen LogP contribution < -0.4 is 4.90 Å². The van der Waals surface area contributed by atoms with Crippen LogP contribution in [0.3, 0.4) is 0 Å². The van der Waals surface area contributed by atoms with E-state index < -0.39 is 0 Å². The minimum absolute atomic E-state index is 0.407. The molecule has 17 heavy (non-hydrogen) atoms. The number of anilines is 1. The van der Waals surface area contributed by atoms with Gasteiger partial charge in [0.05, 0.1) is 6.07 Å². The fraction of sp³-hybridized carbons (Fsp3) is 0.133. The van der Waals surface area contributed by atoms with Crippen LogP contribution in [0.25, 0.3) is 11.1 Å². The molecule has 0 unspecified atom stereocenters. The van der Waals surface area contributed by atoms with Crippen molar-refractivity contribution in [2.75, 3.05) is 18.5 Å². The van der Waals surface area contributed by atoms with E-state index in [2.05, 4.69) is 30.3 Å². The van der Waals surface area contributed by atoms with Gasteiger partial charge >= 0.3 is 0 Å². The van der Waals surface area contributed by atoms with Gasteiger partial charge in [-0.2, -0.15) is 5.26 Å². The van der Waals surface area contributed by atoms with Crippen molar-refractivity contribution in [3.63, 3.8) is 0 Å². The Kier molecular flexibility index (Phi) is 3.42. The molecule has 0 amide bonds. The molecule has 0 radical (unpaired) electrons. The first-order chi connectivity index (χ1) is 8.31. The molecule has 0 atom stereocenters.